The van der Waals surface area contributed by atoms with E-state index >= 15 is 0 Å². The van der Waals surface area contributed by atoms with Gasteiger partial charge in [-0.2, -0.15) is 5.10 Å². The molecule has 0 saturated carbocycles. The Bertz CT molecular complexity index is 878. The molecule has 0 bridgehead atoms. The summed E-state index contributed by atoms with van der Waals surface area (Å²) in [7, 11) is 1.56. The van der Waals surface area contributed by atoms with Crippen molar-refractivity contribution in [3.63, 3.8) is 0 Å². The monoisotopic (exact) mass is 383 g/mol. The van der Waals surface area contributed by atoms with Crippen molar-refractivity contribution in [3.8, 4) is 11.5 Å². The standard InChI is InChI=1S/C21H25N3O4/c1-5-28-19-11-16(7-9-18(19)27-4)13-22-24-21(26)12-20(25)23-17-8-6-14(2)10-15(17)3/h6-11,13H,5,12H2,1-4H3,(H,23,25)(H,24,26). The highest BCUT2D eigenvalue weighted by atomic mass is 16.5. The van der Waals surface area contributed by atoms with E-state index in [0.717, 1.165) is 16.7 Å². The van der Waals surface area contributed by atoms with Gasteiger partial charge in [0.1, 0.15) is 6.42 Å². The quantitative estimate of drug-likeness (QED) is 0.416. The number of carbonyl (C=O) groups is 2. The molecule has 28 heavy (non-hydrogen) atoms. The number of anilines is 1. The first-order valence-corrected chi connectivity index (χ1v) is 8.92. The largest absolute Gasteiger partial charge is 0.493 e. The molecule has 2 N–H and O–H groups in total. The molecule has 0 aromatic heterocycles. The zero-order valence-electron chi connectivity index (χ0n) is 16.5. The molecule has 0 aliphatic heterocycles. The SMILES string of the molecule is CCOc1cc(C=NNC(=O)CC(=O)Nc2ccc(C)cc2C)ccc1OC. The summed E-state index contributed by atoms with van der Waals surface area (Å²) < 4.78 is 10.7. The molecule has 2 amide bonds. The molecule has 7 heteroatoms. The zero-order valence-corrected chi connectivity index (χ0v) is 16.5. The van der Waals surface area contributed by atoms with Crippen LogP contribution >= 0.6 is 0 Å². The molecule has 0 saturated heterocycles. The van der Waals surface area contributed by atoms with Gasteiger partial charge in [0.15, 0.2) is 11.5 Å². The highest BCUT2D eigenvalue weighted by molar-refractivity contribution is 6.04. The molecule has 2 aromatic rings. The number of nitrogens with one attached hydrogen (secondary N) is 2. The van der Waals surface area contributed by atoms with E-state index in [1.165, 1.54) is 6.21 Å². The number of hydrogen-bond acceptors (Lipinski definition) is 5. The summed E-state index contributed by atoms with van der Waals surface area (Å²) in [6.07, 6.45) is 1.15. The van der Waals surface area contributed by atoms with Crippen LogP contribution in [0.15, 0.2) is 41.5 Å². The predicted octanol–water partition coefficient (Wildman–Crippen LogP) is 3.19. The van der Waals surface area contributed by atoms with E-state index in [1.54, 1.807) is 25.3 Å². The molecule has 148 valence electrons. The number of amides is 2. The van der Waals surface area contributed by atoms with Crippen molar-refractivity contribution in [1.82, 2.24) is 5.43 Å². The fourth-order valence-corrected chi connectivity index (χ4v) is 2.55. The van der Waals surface area contributed by atoms with Gasteiger partial charge in [-0.3, -0.25) is 9.59 Å². The van der Waals surface area contributed by atoms with Crippen molar-refractivity contribution >= 4 is 23.7 Å². The number of methoxy groups -OCH3 is 1. The van der Waals surface area contributed by atoms with Crippen LogP contribution in [0, 0.1) is 13.8 Å². The first kappa shape index (κ1) is 21.0. The summed E-state index contributed by atoms with van der Waals surface area (Å²) in [5.41, 5.74) is 5.81. The summed E-state index contributed by atoms with van der Waals surface area (Å²) in [5.74, 6) is 0.305. The average molecular weight is 383 g/mol. The number of carbonyl (C=O) groups excluding carboxylic acids is 2. The van der Waals surface area contributed by atoms with Gasteiger partial charge < -0.3 is 14.8 Å². The first-order chi connectivity index (χ1) is 13.4. The minimum atomic E-state index is -0.503. The molecule has 2 rings (SSSR count). The summed E-state index contributed by atoms with van der Waals surface area (Å²) >= 11 is 0. The topological polar surface area (TPSA) is 89.0 Å². The van der Waals surface area contributed by atoms with Crippen molar-refractivity contribution < 1.29 is 19.1 Å². The van der Waals surface area contributed by atoms with Gasteiger partial charge in [0.05, 0.1) is 19.9 Å². The van der Waals surface area contributed by atoms with E-state index in [0.29, 0.717) is 23.8 Å². The maximum Gasteiger partial charge on any atom is 0.249 e. The van der Waals surface area contributed by atoms with E-state index in [9.17, 15) is 9.59 Å². The van der Waals surface area contributed by atoms with E-state index in [4.69, 9.17) is 9.47 Å². The molecule has 0 unspecified atom stereocenters. The third-order valence-electron chi connectivity index (χ3n) is 3.87. The maximum absolute atomic E-state index is 12.0. The number of nitrogens with zero attached hydrogens (tertiary/aromatic N) is 1. The smallest absolute Gasteiger partial charge is 0.249 e. The predicted molar refractivity (Wildman–Crippen MR) is 109 cm³/mol. The van der Waals surface area contributed by atoms with E-state index in [1.807, 2.05) is 39.0 Å². The molecule has 0 spiro atoms. The normalized spacial score (nSPS) is 10.6. The number of rotatable bonds is 8. The molecular formula is C21H25N3O4. The van der Waals surface area contributed by atoms with Crippen LogP contribution in [0.5, 0.6) is 11.5 Å². The molecule has 0 aliphatic carbocycles. The van der Waals surface area contributed by atoms with Gasteiger partial charge in [-0.15, -0.1) is 0 Å². The van der Waals surface area contributed by atoms with E-state index in [-0.39, 0.29) is 6.42 Å². The summed E-state index contributed by atoms with van der Waals surface area (Å²) in [6.45, 7) is 6.26. The van der Waals surface area contributed by atoms with Gasteiger partial charge in [-0.25, -0.2) is 5.43 Å². The van der Waals surface area contributed by atoms with Gasteiger partial charge in [0, 0.05) is 5.69 Å². The van der Waals surface area contributed by atoms with Gasteiger partial charge in [-0.1, -0.05) is 17.7 Å². The second-order valence-electron chi connectivity index (χ2n) is 6.18. The lowest BCUT2D eigenvalue weighted by Gasteiger charge is -2.09. The van der Waals surface area contributed by atoms with E-state index < -0.39 is 11.8 Å². The Morgan fingerprint density at radius 1 is 1.07 bits per heavy atom. The van der Waals surface area contributed by atoms with Crippen molar-refractivity contribution in [2.24, 2.45) is 5.10 Å². The van der Waals surface area contributed by atoms with Crippen LogP contribution in [0.3, 0.4) is 0 Å². The number of hydrogen-bond donors (Lipinski definition) is 2. The Kier molecular flexibility index (Phi) is 7.56. The van der Waals surface area contributed by atoms with Crippen LogP contribution in [0.25, 0.3) is 0 Å². The minimum absolute atomic E-state index is 0.322. The van der Waals surface area contributed by atoms with Crippen LogP contribution < -0.4 is 20.2 Å². The van der Waals surface area contributed by atoms with Crippen molar-refractivity contribution in [2.45, 2.75) is 27.2 Å². The summed E-state index contributed by atoms with van der Waals surface area (Å²) in [6, 6.07) is 11.0. The highest BCUT2D eigenvalue weighted by Crippen LogP contribution is 2.27. The Morgan fingerprint density at radius 2 is 1.86 bits per heavy atom. The van der Waals surface area contributed by atoms with E-state index in [2.05, 4.69) is 15.8 Å². The molecule has 2 aromatic carbocycles. The summed E-state index contributed by atoms with van der Waals surface area (Å²) in [5, 5.41) is 6.62. The molecule has 0 atom stereocenters. The highest BCUT2D eigenvalue weighted by Gasteiger charge is 2.10. The lowest BCUT2D eigenvalue weighted by molar-refractivity contribution is -0.126. The second-order valence-corrected chi connectivity index (χ2v) is 6.18. The fourth-order valence-electron chi connectivity index (χ4n) is 2.55. The molecule has 0 aliphatic rings. The van der Waals surface area contributed by atoms with Crippen LogP contribution in [0.1, 0.15) is 30.0 Å². The third-order valence-corrected chi connectivity index (χ3v) is 3.87. The van der Waals surface area contributed by atoms with Crippen molar-refractivity contribution in [3.05, 3.63) is 53.1 Å². The van der Waals surface area contributed by atoms with Crippen LogP contribution in [0.2, 0.25) is 0 Å². The lowest BCUT2D eigenvalue weighted by atomic mass is 10.1. The third kappa shape index (κ3) is 6.12. The van der Waals surface area contributed by atoms with Crippen LogP contribution in [0.4, 0.5) is 5.69 Å². The first-order valence-electron chi connectivity index (χ1n) is 8.92. The van der Waals surface area contributed by atoms with Crippen molar-refractivity contribution in [2.75, 3.05) is 19.0 Å². The van der Waals surface area contributed by atoms with Crippen LogP contribution in [-0.4, -0.2) is 31.7 Å². The van der Waals surface area contributed by atoms with Gasteiger partial charge in [0.25, 0.3) is 0 Å². The van der Waals surface area contributed by atoms with Crippen LogP contribution in [-0.2, 0) is 9.59 Å². The van der Waals surface area contributed by atoms with Gasteiger partial charge >= 0.3 is 0 Å². The number of ether oxygens (including phenoxy) is 2. The lowest BCUT2D eigenvalue weighted by Crippen LogP contribution is -2.24. The number of hydrazone groups is 1. The Balaban J connectivity index is 1.89. The maximum atomic E-state index is 12.0. The number of benzene rings is 2. The van der Waals surface area contributed by atoms with Gasteiger partial charge in [-0.05, 0) is 56.2 Å². The Hall–Kier alpha value is -3.35. The summed E-state index contributed by atoms with van der Waals surface area (Å²) in [4.78, 5) is 23.9. The Labute approximate surface area is 164 Å². The van der Waals surface area contributed by atoms with Gasteiger partial charge in [0.2, 0.25) is 11.8 Å². The number of aryl methyl sites for hydroxylation is 2. The molecule has 7 nitrogen and oxygen atoms in total. The second kappa shape index (κ2) is 10.1. The zero-order chi connectivity index (χ0) is 20.5. The fraction of sp³-hybridized carbons (Fsp3) is 0.286. The average Bonchev–Trinajstić information content (AvgIpc) is 2.64. The minimum Gasteiger partial charge on any atom is -0.493 e. The molecule has 0 radical (unpaired) electrons. The molecule has 0 fully saturated rings. The molecular weight excluding hydrogens is 358 g/mol. The van der Waals surface area contributed by atoms with Crippen molar-refractivity contribution in [1.29, 1.82) is 0 Å². The molecule has 0 heterocycles. The Morgan fingerprint density at radius 3 is 2.54 bits per heavy atom.